The number of aryl methyl sites for hydroxylation is 1. The van der Waals surface area contributed by atoms with Crippen LogP contribution in [0.25, 0.3) is 27.7 Å². The minimum atomic E-state index is -0.270. The lowest BCUT2D eigenvalue weighted by Crippen LogP contribution is -2.12. The molecule has 1 aromatic carbocycles. The van der Waals surface area contributed by atoms with Crippen molar-refractivity contribution in [3.8, 4) is 11.3 Å². The largest absolute Gasteiger partial charge is 0.382 e. The Morgan fingerprint density at radius 1 is 1.16 bits per heavy atom. The van der Waals surface area contributed by atoms with E-state index in [0.717, 1.165) is 24.1 Å². The van der Waals surface area contributed by atoms with E-state index in [4.69, 9.17) is 10.7 Å². The van der Waals surface area contributed by atoms with Crippen molar-refractivity contribution in [3.05, 3.63) is 48.4 Å². The first kappa shape index (κ1) is 14.5. The second-order valence-electron chi connectivity index (χ2n) is 6.77. The molecule has 0 amide bonds. The van der Waals surface area contributed by atoms with E-state index in [1.807, 2.05) is 36.0 Å². The van der Waals surface area contributed by atoms with Crippen LogP contribution in [0, 0.1) is 5.82 Å². The molecule has 0 spiro atoms. The number of aromatic nitrogens is 4. The first-order valence-corrected chi connectivity index (χ1v) is 8.51. The lowest BCUT2D eigenvalue weighted by Gasteiger charge is -2.23. The summed E-state index contributed by atoms with van der Waals surface area (Å²) in [5.74, 6) is 1.47. The molecule has 2 N–H and O–H groups in total. The van der Waals surface area contributed by atoms with Gasteiger partial charge in [-0.25, -0.2) is 14.4 Å². The number of benzene rings is 1. The van der Waals surface area contributed by atoms with Crippen LogP contribution in [-0.2, 0) is 7.05 Å². The lowest BCUT2D eigenvalue weighted by atomic mass is 9.85. The molecule has 3 aromatic heterocycles. The highest BCUT2D eigenvalue weighted by atomic mass is 19.1. The molecule has 0 unspecified atom stereocenters. The van der Waals surface area contributed by atoms with Gasteiger partial charge in [-0.3, -0.25) is 4.40 Å². The molecule has 1 fully saturated rings. The summed E-state index contributed by atoms with van der Waals surface area (Å²) in [5, 5.41) is 0.873. The molecule has 4 aromatic rings. The maximum absolute atomic E-state index is 15.3. The van der Waals surface area contributed by atoms with E-state index in [0.29, 0.717) is 34.0 Å². The van der Waals surface area contributed by atoms with Gasteiger partial charge in [0.15, 0.2) is 5.82 Å². The summed E-state index contributed by atoms with van der Waals surface area (Å²) in [6.07, 6.45) is 8.83. The molecule has 0 aliphatic heterocycles. The van der Waals surface area contributed by atoms with E-state index in [-0.39, 0.29) is 5.82 Å². The molecule has 5 rings (SSSR count). The highest BCUT2D eigenvalue weighted by Crippen LogP contribution is 2.40. The molecule has 1 aliphatic carbocycles. The fraction of sp³-hybridized carbons (Fsp3) is 0.263. The highest BCUT2D eigenvalue weighted by molar-refractivity contribution is 5.91. The molecule has 1 saturated carbocycles. The van der Waals surface area contributed by atoms with Gasteiger partial charge in [0, 0.05) is 42.5 Å². The second kappa shape index (κ2) is 5.05. The van der Waals surface area contributed by atoms with Gasteiger partial charge in [-0.15, -0.1) is 0 Å². The molecule has 5 nitrogen and oxygen atoms in total. The van der Waals surface area contributed by atoms with Crippen molar-refractivity contribution in [2.45, 2.75) is 25.2 Å². The first-order chi connectivity index (χ1) is 12.1. The van der Waals surface area contributed by atoms with Gasteiger partial charge >= 0.3 is 0 Å². The predicted molar refractivity (Wildman–Crippen MR) is 95.9 cm³/mol. The summed E-state index contributed by atoms with van der Waals surface area (Å²) < 4.78 is 19.1. The fourth-order valence-corrected chi connectivity index (χ4v) is 3.75. The molecule has 3 heterocycles. The van der Waals surface area contributed by atoms with Crippen LogP contribution in [-0.4, -0.2) is 18.9 Å². The molecule has 25 heavy (non-hydrogen) atoms. The normalized spacial score (nSPS) is 15.1. The Balaban J connectivity index is 1.84. The van der Waals surface area contributed by atoms with Crippen molar-refractivity contribution >= 4 is 22.2 Å². The minimum absolute atomic E-state index is 0.270. The van der Waals surface area contributed by atoms with Crippen LogP contribution < -0.4 is 5.73 Å². The molecule has 1 aliphatic rings. The number of halogens is 1. The van der Waals surface area contributed by atoms with Gasteiger partial charge in [-0.1, -0.05) is 12.5 Å². The number of nitrogens with two attached hydrogens (primary N) is 1. The number of hydrogen-bond acceptors (Lipinski definition) is 3. The summed E-state index contributed by atoms with van der Waals surface area (Å²) in [4.78, 5) is 9.02. The maximum atomic E-state index is 15.3. The number of nitrogens with zero attached hydrogens (tertiary/aromatic N) is 4. The first-order valence-electron chi connectivity index (χ1n) is 8.51. The van der Waals surface area contributed by atoms with Crippen molar-refractivity contribution in [3.63, 3.8) is 0 Å². The standard InChI is InChI=1S/C19H18FN5/c1-24-9-7-11-5-6-13(14(20)16(11)24)15-17-18(21)22-8-10-25(17)19(23-15)12-3-2-4-12/h5-10,12H,2-4H2,1H3,(H2,21,22). The number of anilines is 1. The topological polar surface area (TPSA) is 61.1 Å². The Morgan fingerprint density at radius 2 is 2.00 bits per heavy atom. The Labute approximate surface area is 143 Å². The number of rotatable bonds is 2. The van der Waals surface area contributed by atoms with E-state index in [1.54, 1.807) is 16.8 Å². The van der Waals surface area contributed by atoms with Crippen molar-refractivity contribution in [2.24, 2.45) is 7.05 Å². The van der Waals surface area contributed by atoms with E-state index < -0.39 is 0 Å². The minimum Gasteiger partial charge on any atom is -0.382 e. The third-order valence-electron chi connectivity index (χ3n) is 5.31. The summed E-state index contributed by atoms with van der Waals surface area (Å²) in [7, 11) is 1.84. The number of fused-ring (bicyclic) bond motifs is 2. The molecule has 0 saturated heterocycles. The summed E-state index contributed by atoms with van der Waals surface area (Å²) >= 11 is 0. The van der Waals surface area contributed by atoms with Gasteiger partial charge < -0.3 is 10.3 Å². The number of hydrogen-bond donors (Lipinski definition) is 1. The third-order valence-corrected chi connectivity index (χ3v) is 5.31. The zero-order chi connectivity index (χ0) is 17.1. The maximum Gasteiger partial charge on any atom is 0.156 e. The fourth-order valence-electron chi connectivity index (χ4n) is 3.75. The molecule has 126 valence electrons. The quantitative estimate of drug-likeness (QED) is 0.605. The van der Waals surface area contributed by atoms with E-state index in [1.165, 1.54) is 6.42 Å². The van der Waals surface area contributed by atoms with Gasteiger partial charge in [-0.2, -0.15) is 0 Å². The van der Waals surface area contributed by atoms with E-state index in [2.05, 4.69) is 4.98 Å². The summed E-state index contributed by atoms with van der Waals surface area (Å²) in [5.41, 5.74) is 8.45. The Bertz CT molecular complexity index is 1120. The number of nitrogen functional groups attached to an aromatic ring is 1. The van der Waals surface area contributed by atoms with Crippen molar-refractivity contribution in [2.75, 3.05) is 5.73 Å². The van der Waals surface area contributed by atoms with Gasteiger partial charge in [0.1, 0.15) is 22.9 Å². The molecule has 0 atom stereocenters. The van der Waals surface area contributed by atoms with Crippen LogP contribution in [0.15, 0.2) is 36.8 Å². The van der Waals surface area contributed by atoms with Gasteiger partial charge in [0.25, 0.3) is 0 Å². The second-order valence-corrected chi connectivity index (χ2v) is 6.77. The summed E-state index contributed by atoms with van der Waals surface area (Å²) in [6, 6.07) is 5.62. The third kappa shape index (κ3) is 1.94. The number of imidazole rings is 1. The predicted octanol–water partition coefficient (Wildman–Crippen LogP) is 3.88. The van der Waals surface area contributed by atoms with Crippen LogP contribution in [0.5, 0.6) is 0 Å². The Kier molecular flexibility index (Phi) is 2.92. The monoisotopic (exact) mass is 335 g/mol. The zero-order valence-corrected chi connectivity index (χ0v) is 13.9. The molecule has 0 radical (unpaired) electrons. The Morgan fingerprint density at radius 3 is 2.76 bits per heavy atom. The van der Waals surface area contributed by atoms with Crippen molar-refractivity contribution in [1.82, 2.24) is 18.9 Å². The molecular formula is C19H18FN5. The van der Waals surface area contributed by atoms with Crippen LogP contribution >= 0.6 is 0 Å². The van der Waals surface area contributed by atoms with Gasteiger partial charge in [0.2, 0.25) is 0 Å². The average Bonchev–Trinajstić information content (AvgIpc) is 3.10. The lowest BCUT2D eigenvalue weighted by molar-refractivity contribution is 0.400. The molecular weight excluding hydrogens is 317 g/mol. The van der Waals surface area contributed by atoms with Crippen LogP contribution in [0.2, 0.25) is 0 Å². The van der Waals surface area contributed by atoms with Crippen LogP contribution in [0.3, 0.4) is 0 Å². The van der Waals surface area contributed by atoms with Crippen molar-refractivity contribution in [1.29, 1.82) is 0 Å². The molecule has 0 bridgehead atoms. The Hall–Kier alpha value is -2.89. The smallest absolute Gasteiger partial charge is 0.156 e. The average molecular weight is 335 g/mol. The SMILES string of the molecule is Cn1ccc2ccc(-c3nc(C4CCC4)n4ccnc(N)c34)c(F)c21. The van der Waals surface area contributed by atoms with Gasteiger partial charge in [-0.05, 0) is 25.0 Å². The van der Waals surface area contributed by atoms with Gasteiger partial charge in [0.05, 0.1) is 5.52 Å². The van der Waals surface area contributed by atoms with Crippen LogP contribution in [0.4, 0.5) is 10.2 Å². The van der Waals surface area contributed by atoms with Crippen LogP contribution in [0.1, 0.15) is 31.0 Å². The molecule has 6 heteroatoms. The summed E-state index contributed by atoms with van der Waals surface area (Å²) in [6.45, 7) is 0. The van der Waals surface area contributed by atoms with E-state index >= 15 is 4.39 Å². The van der Waals surface area contributed by atoms with E-state index in [9.17, 15) is 0 Å². The highest BCUT2D eigenvalue weighted by Gasteiger charge is 2.28. The zero-order valence-electron chi connectivity index (χ0n) is 13.9. The van der Waals surface area contributed by atoms with Crippen molar-refractivity contribution < 1.29 is 4.39 Å².